The van der Waals surface area contributed by atoms with Gasteiger partial charge in [-0.15, -0.1) is 0 Å². The van der Waals surface area contributed by atoms with E-state index < -0.39 is 0 Å². The number of benzene rings is 1. The lowest BCUT2D eigenvalue weighted by Gasteiger charge is -2.30. The van der Waals surface area contributed by atoms with Crippen molar-refractivity contribution in [2.45, 2.75) is 25.7 Å². The fourth-order valence-electron chi connectivity index (χ4n) is 2.80. The van der Waals surface area contributed by atoms with Crippen LogP contribution in [0.25, 0.3) is 0 Å². The summed E-state index contributed by atoms with van der Waals surface area (Å²) in [6.45, 7) is 1.15. The van der Waals surface area contributed by atoms with Gasteiger partial charge in [0.1, 0.15) is 0 Å². The molecule has 0 aromatic heterocycles. The Labute approximate surface area is 122 Å². The quantitative estimate of drug-likeness (QED) is 0.891. The van der Waals surface area contributed by atoms with Gasteiger partial charge in [0, 0.05) is 23.3 Å². The molecule has 2 N–H and O–H groups in total. The van der Waals surface area contributed by atoms with E-state index >= 15 is 0 Å². The molecular formula is C15H19BrN2O. The van der Waals surface area contributed by atoms with Crippen LogP contribution in [0, 0.1) is 23.2 Å². The molecule has 0 amide bonds. The molecule has 1 aromatic rings. The molecule has 1 aliphatic carbocycles. The van der Waals surface area contributed by atoms with E-state index in [1.807, 2.05) is 18.2 Å². The molecule has 0 aliphatic heterocycles. The lowest BCUT2D eigenvalue weighted by Crippen LogP contribution is -2.28. The summed E-state index contributed by atoms with van der Waals surface area (Å²) in [6.07, 6.45) is 4.80. The predicted molar refractivity (Wildman–Crippen MR) is 79.9 cm³/mol. The van der Waals surface area contributed by atoms with Gasteiger partial charge in [-0.2, -0.15) is 5.26 Å². The monoisotopic (exact) mass is 322 g/mol. The van der Waals surface area contributed by atoms with Gasteiger partial charge in [-0.1, -0.05) is 28.8 Å². The van der Waals surface area contributed by atoms with Gasteiger partial charge in [0.15, 0.2) is 0 Å². The summed E-state index contributed by atoms with van der Waals surface area (Å²) in [6, 6.07) is 7.81. The molecular weight excluding hydrogens is 304 g/mol. The molecule has 0 bridgehead atoms. The molecule has 102 valence electrons. The van der Waals surface area contributed by atoms with E-state index in [9.17, 15) is 5.11 Å². The van der Waals surface area contributed by atoms with E-state index in [0.717, 1.165) is 23.1 Å². The van der Waals surface area contributed by atoms with Gasteiger partial charge in [-0.25, -0.2) is 0 Å². The van der Waals surface area contributed by atoms with E-state index in [4.69, 9.17) is 5.26 Å². The number of nitriles is 1. The Morgan fingerprint density at radius 1 is 1.26 bits per heavy atom. The fourth-order valence-corrected chi connectivity index (χ4v) is 3.29. The van der Waals surface area contributed by atoms with Crippen molar-refractivity contribution in [3.63, 3.8) is 0 Å². The van der Waals surface area contributed by atoms with Crippen molar-refractivity contribution in [1.29, 1.82) is 5.26 Å². The first-order valence-corrected chi connectivity index (χ1v) is 7.57. The van der Waals surface area contributed by atoms with E-state index in [2.05, 4.69) is 27.3 Å². The highest BCUT2D eigenvalue weighted by atomic mass is 79.9. The van der Waals surface area contributed by atoms with Gasteiger partial charge in [0.2, 0.25) is 0 Å². The second-order valence-electron chi connectivity index (χ2n) is 5.21. The van der Waals surface area contributed by atoms with Gasteiger partial charge in [0.25, 0.3) is 0 Å². The first-order chi connectivity index (χ1) is 9.22. The second kappa shape index (κ2) is 6.93. The average Bonchev–Trinajstić information content (AvgIpc) is 2.44. The maximum Gasteiger partial charge on any atom is 0.0992 e. The Morgan fingerprint density at radius 3 is 2.68 bits per heavy atom. The molecule has 2 atom stereocenters. The molecule has 1 aliphatic rings. The Hall–Kier alpha value is -1.05. The molecule has 1 saturated carbocycles. The number of hydrogen-bond donors (Lipinski definition) is 2. The van der Waals surface area contributed by atoms with Crippen LogP contribution >= 0.6 is 15.9 Å². The number of halogens is 1. The lowest BCUT2D eigenvalue weighted by molar-refractivity contribution is 0.141. The van der Waals surface area contributed by atoms with E-state index in [1.54, 1.807) is 0 Å². The largest absolute Gasteiger partial charge is 0.396 e. The minimum absolute atomic E-state index is 0.286. The van der Waals surface area contributed by atoms with Crippen LogP contribution < -0.4 is 5.32 Å². The third kappa shape index (κ3) is 3.95. The van der Waals surface area contributed by atoms with E-state index in [-0.39, 0.29) is 6.61 Å². The predicted octanol–water partition coefficient (Wildman–Crippen LogP) is 3.53. The first kappa shape index (κ1) is 14.4. The topological polar surface area (TPSA) is 56.0 Å². The SMILES string of the molecule is N#Cc1cc(Br)cc(NCC2CCCCC2CO)c1. The lowest BCUT2D eigenvalue weighted by atomic mass is 9.79. The van der Waals surface area contributed by atoms with E-state index in [1.165, 1.54) is 19.3 Å². The number of hydrogen-bond acceptors (Lipinski definition) is 3. The number of aliphatic hydroxyl groups is 1. The molecule has 2 rings (SSSR count). The number of rotatable bonds is 4. The van der Waals surface area contributed by atoms with Crippen LogP contribution in [0.15, 0.2) is 22.7 Å². The molecule has 0 heterocycles. The Balaban J connectivity index is 1.98. The van der Waals surface area contributed by atoms with Crippen LogP contribution in [0.2, 0.25) is 0 Å². The maximum absolute atomic E-state index is 9.41. The zero-order chi connectivity index (χ0) is 13.7. The summed E-state index contributed by atoms with van der Waals surface area (Å²) in [5, 5.41) is 21.8. The summed E-state index contributed by atoms with van der Waals surface area (Å²) in [7, 11) is 0. The molecule has 1 fully saturated rings. The van der Waals surface area contributed by atoms with Crippen LogP contribution in [-0.2, 0) is 0 Å². The summed E-state index contributed by atoms with van der Waals surface area (Å²) in [4.78, 5) is 0. The highest BCUT2D eigenvalue weighted by Gasteiger charge is 2.24. The zero-order valence-electron chi connectivity index (χ0n) is 10.9. The van der Waals surface area contributed by atoms with Crippen molar-refractivity contribution in [3.8, 4) is 6.07 Å². The minimum Gasteiger partial charge on any atom is -0.396 e. The molecule has 0 saturated heterocycles. The van der Waals surface area contributed by atoms with Crippen molar-refractivity contribution in [2.24, 2.45) is 11.8 Å². The van der Waals surface area contributed by atoms with Crippen LogP contribution in [0.3, 0.4) is 0 Å². The number of nitrogens with zero attached hydrogens (tertiary/aromatic N) is 1. The van der Waals surface area contributed by atoms with Crippen molar-refractivity contribution in [2.75, 3.05) is 18.5 Å². The number of anilines is 1. The van der Waals surface area contributed by atoms with Crippen molar-refractivity contribution < 1.29 is 5.11 Å². The van der Waals surface area contributed by atoms with E-state index in [0.29, 0.717) is 17.4 Å². The van der Waals surface area contributed by atoms with Gasteiger partial charge in [-0.3, -0.25) is 0 Å². The summed E-state index contributed by atoms with van der Waals surface area (Å²) >= 11 is 3.41. The van der Waals surface area contributed by atoms with Crippen LogP contribution in [0.4, 0.5) is 5.69 Å². The van der Waals surface area contributed by atoms with Gasteiger partial charge < -0.3 is 10.4 Å². The Bertz CT molecular complexity index is 470. The first-order valence-electron chi connectivity index (χ1n) is 6.78. The summed E-state index contributed by atoms with van der Waals surface area (Å²) in [5.74, 6) is 0.951. The Kier molecular flexibility index (Phi) is 5.24. The minimum atomic E-state index is 0.286. The van der Waals surface area contributed by atoms with Gasteiger partial charge >= 0.3 is 0 Å². The third-order valence-corrected chi connectivity index (χ3v) is 4.35. The standard InChI is InChI=1S/C15H19BrN2O/c16-14-5-11(8-17)6-15(7-14)18-9-12-3-1-2-4-13(12)10-19/h5-7,12-13,18-19H,1-4,9-10H2. The highest BCUT2D eigenvalue weighted by Crippen LogP contribution is 2.30. The molecule has 2 unspecified atom stereocenters. The molecule has 19 heavy (non-hydrogen) atoms. The molecule has 0 radical (unpaired) electrons. The maximum atomic E-state index is 9.41. The van der Waals surface area contributed by atoms with Crippen LogP contribution in [0.5, 0.6) is 0 Å². The van der Waals surface area contributed by atoms with Crippen LogP contribution in [0.1, 0.15) is 31.2 Å². The number of nitrogens with one attached hydrogen (secondary N) is 1. The van der Waals surface area contributed by atoms with Gasteiger partial charge in [0.05, 0.1) is 11.6 Å². The Morgan fingerprint density at radius 2 is 2.00 bits per heavy atom. The average molecular weight is 323 g/mol. The molecule has 0 spiro atoms. The van der Waals surface area contributed by atoms with Crippen molar-refractivity contribution in [1.82, 2.24) is 0 Å². The molecule has 1 aromatic carbocycles. The van der Waals surface area contributed by atoms with Crippen molar-refractivity contribution >= 4 is 21.6 Å². The second-order valence-corrected chi connectivity index (χ2v) is 6.12. The highest BCUT2D eigenvalue weighted by molar-refractivity contribution is 9.10. The fraction of sp³-hybridized carbons (Fsp3) is 0.533. The number of aliphatic hydroxyl groups excluding tert-OH is 1. The third-order valence-electron chi connectivity index (χ3n) is 3.90. The molecule has 3 nitrogen and oxygen atoms in total. The van der Waals surface area contributed by atoms with Gasteiger partial charge in [-0.05, 0) is 42.9 Å². The summed E-state index contributed by atoms with van der Waals surface area (Å²) < 4.78 is 0.913. The van der Waals surface area contributed by atoms with Crippen LogP contribution in [-0.4, -0.2) is 18.3 Å². The van der Waals surface area contributed by atoms with Crippen molar-refractivity contribution in [3.05, 3.63) is 28.2 Å². The normalized spacial score (nSPS) is 22.8. The zero-order valence-corrected chi connectivity index (χ0v) is 12.5. The summed E-state index contributed by atoms with van der Waals surface area (Å²) in [5.41, 5.74) is 1.62. The molecule has 4 heteroatoms. The smallest absolute Gasteiger partial charge is 0.0992 e.